The summed E-state index contributed by atoms with van der Waals surface area (Å²) in [6.45, 7) is 8.33. The SMILES string of the molecule is C=C(N=C(C)c1ccc(C)cc1)c1ccc2c(c1)Cc1ccccc1-2. The highest BCUT2D eigenvalue weighted by Crippen LogP contribution is 2.37. The van der Waals surface area contributed by atoms with Gasteiger partial charge < -0.3 is 0 Å². The highest BCUT2D eigenvalue weighted by Gasteiger charge is 2.18. The third-order valence-corrected chi connectivity index (χ3v) is 4.90. The van der Waals surface area contributed by atoms with Crippen molar-refractivity contribution in [3.63, 3.8) is 0 Å². The molecule has 0 saturated heterocycles. The third kappa shape index (κ3) is 2.94. The summed E-state index contributed by atoms with van der Waals surface area (Å²) in [7, 11) is 0. The summed E-state index contributed by atoms with van der Waals surface area (Å²) in [5.41, 5.74) is 10.8. The number of aliphatic imine (C=N–C) groups is 1. The van der Waals surface area contributed by atoms with E-state index in [-0.39, 0.29) is 0 Å². The van der Waals surface area contributed by atoms with Gasteiger partial charge in [0.2, 0.25) is 0 Å². The van der Waals surface area contributed by atoms with E-state index in [2.05, 4.69) is 80.2 Å². The van der Waals surface area contributed by atoms with E-state index < -0.39 is 0 Å². The number of benzene rings is 3. The fourth-order valence-electron chi connectivity index (χ4n) is 3.45. The van der Waals surface area contributed by atoms with Crippen LogP contribution in [-0.2, 0) is 6.42 Å². The molecule has 0 spiro atoms. The van der Waals surface area contributed by atoms with E-state index in [9.17, 15) is 0 Å². The Balaban J connectivity index is 1.63. The lowest BCUT2D eigenvalue weighted by Gasteiger charge is -2.07. The topological polar surface area (TPSA) is 12.4 Å². The van der Waals surface area contributed by atoms with Crippen molar-refractivity contribution in [3.8, 4) is 11.1 Å². The first-order chi connectivity index (χ1) is 12.1. The minimum absolute atomic E-state index is 0.817. The number of nitrogens with zero attached hydrogens (tertiary/aromatic N) is 1. The summed E-state index contributed by atoms with van der Waals surface area (Å²) in [6.07, 6.45) is 0.993. The minimum Gasteiger partial charge on any atom is -0.253 e. The molecule has 0 heterocycles. The predicted octanol–water partition coefficient (Wildman–Crippen LogP) is 6.05. The van der Waals surface area contributed by atoms with E-state index >= 15 is 0 Å². The van der Waals surface area contributed by atoms with Crippen molar-refractivity contribution < 1.29 is 0 Å². The zero-order chi connectivity index (χ0) is 17.4. The maximum absolute atomic E-state index is 4.74. The van der Waals surface area contributed by atoms with Crippen molar-refractivity contribution in [2.45, 2.75) is 20.3 Å². The Kier molecular flexibility index (Phi) is 3.85. The van der Waals surface area contributed by atoms with Crippen LogP contribution in [0.2, 0.25) is 0 Å². The lowest BCUT2D eigenvalue weighted by atomic mass is 10.0. The molecule has 0 N–H and O–H groups in total. The largest absolute Gasteiger partial charge is 0.253 e. The van der Waals surface area contributed by atoms with Crippen LogP contribution in [0.25, 0.3) is 16.8 Å². The van der Waals surface area contributed by atoms with Crippen molar-refractivity contribution in [2.75, 3.05) is 0 Å². The quantitative estimate of drug-likeness (QED) is 0.407. The average Bonchev–Trinajstić information content (AvgIpc) is 3.00. The Morgan fingerprint density at radius 3 is 2.32 bits per heavy atom. The second-order valence-corrected chi connectivity index (χ2v) is 6.72. The Bertz CT molecular complexity index is 991. The van der Waals surface area contributed by atoms with Gasteiger partial charge in [-0.2, -0.15) is 0 Å². The molecule has 0 fully saturated rings. The van der Waals surface area contributed by atoms with Gasteiger partial charge in [-0.3, -0.25) is 4.99 Å². The van der Waals surface area contributed by atoms with Crippen molar-refractivity contribution in [1.29, 1.82) is 0 Å². The van der Waals surface area contributed by atoms with Gasteiger partial charge in [0.05, 0.1) is 5.70 Å². The summed E-state index contributed by atoms with van der Waals surface area (Å²) in [6, 6.07) is 23.7. The lowest BCUT2D eigenvalue weighted by Crippen LogP contribution is -1.95. The molecular formula is C24H21N. The smallest absolute Gasteiger partial charge is 0.0633 e. The highest BCUT2D eigenvalue weighted by molar-refractivity contribution is 6.01. The van der Waals surface area contributed by atoms with E-state index in [1.807, 2.05) is 6.92 Å². The maximum atomic E-state index is 4.74. The number of hydrogen-bond acceptors (Lipinski definition) is 1. The van der Waals surface area contributed by atoms with Gasteiger partial charge in [0.1, 0.15) is 0 Å². The second kappa shape index (κ2) is 6.18. The molecule has 122 valence electrons. The van der Waals surface area contributed by atoms with Gasteiger partial charge in [0.25, 0.3) is 0 Å². The molecule has 0 atom stereocenters. The van der Waals surface area contributed by atoms with Crippen LogP contribution in [0.1, 0.15) is 34.7 Å². The molecule has 0 saturated carbocycles. The zero-order valence-corrected chi connectivity index (χ0v) is 14.7. The molecule has 0 bridgehead atoms. The Hall–Kier alpha value is -2.93. The number of hydrogen-bond donors (Lipinski definition) is 0. The van der Waals surface area contributed by atoms with E-state index in [0.29, 0.717) is 0 Å². The van der Waals surface area contributed by atoms with Crippen molar-refractivity contribution in [1.82, 2.24) is 0 Å². The molecule has 25 heavy (non-hydrogen) atoms. The van der Waals surface area contributed by atoms with E-state index in [4.69, 9.17) is 4.99 Å². The van der Waals surface area contributed by atoms with Crippen molar-refractivity contribution in [2.24, 2.45) is 4.99 Å². The molecule has 0 amide bonds. The molecule has 3 aromatic rings. The molecule has 1 aliphatic rings. The van der Waals surface area contributed by atoms with Crippen molar-refractivity contribution >= 4 is 11.4 Å². The van der Waals surface area contributed by atoms with Crippen LogP contribution in [0, 0.1) is 6.92 Å². The van der Waals surface area contributed by atoms with Gasteiger partial charge in [-0.1, -0.05) is 72.8 Å². The number of fused-ring (bicyclic) bond motifs is 3. The monoisotopic (exact) mass is 323 g/mol. The molecular weight excluding hydrogens is 302 g/mol. The average molecular weight is 323 g/mol. The highest BCUT2D eigenvalue weighted by atomic mass is 14.7. The summed E-state index contributed by atoms with van der Waals surface area (Å²) < 4.78 is 0. The van der Waals surface area contributed by atoms with Crippen LogP contribution >= 0.6 is 0 Å². The van der Waals surface area contributed by atoms with Gasteiger partial charge in [-0.05, 0) is 59.7 Å². The summed E-state index contributed by atoms with van der Waals surface area (Å²) >= 11 is 0. The molecule has 1 nitrogen and oxygen atoms in total. The molecule has 0 aromatic heterocycles. The van der Waals surface area contributed by atoms with Crippen LogP contribution in [0.3, 0.4) is 0 Å². The standard InChI is InChI=1S/C24H21N/c1-16-8-10-19(11-9-16)17(2)25-18(3)20-12-13-24-22(14-20)15-21-6-4-5-7-23(21)24/h4-14H,3,15H2,1-2H3. The summed E-state index contributed by atoms with van der Waals surface area (Å²) in [4.78, 5) is 4.74. The van der Waals surface area contributed by atoms with Crippen molar-refractivity contribution in [3.05, 3.63) is 101 Å². The van der Waals surface area contributed by atoms with Gasteiger partial charge in [-0.15, -0.1) is 0 Å². The summed E-state index contributed by atoms with van der Waals surface area (Å²) in [5.74, 6) is 0. The molecule has 0 radical (unpaired) electrons. The Labute approximate surface area is 149 Å². The number of rotatable bonds is 3. The zero-order valence-electron chi connectivity index (χ0n) is 14.7. The summed E-state index contributed by atoms with van der Waals surface area (Å²) in [5, 5.41) is 0. The van der Waals surface area contributed by atoms with Crippen LogP contribution in [0.15, 0.2) is 78.3 Å². The van der Waals surface area contributed by atoms with E-state index in [0.717, 1.165) is 29.0 Å². The van der Waals surface area contributed by atoms with Gasteiger partial charge in [0.15, 0.2) is 0 Å². The van der Waals surface area contributed by atoms with Gasteiger partial charge >= 0.3 is 0 Å². The van der Waals surface area contributed by atoms with E-state index in [1.165, 1.54) is 27.8 Å². The second-order valence-electron chi connectivity index (χ2n) is 6.72. The predicted molar refractivity (Wildman–Crippen MR) is 107 cm³/mol. The Morgan fingerprint density at radius 2 is 1.52 bits per heavy atom. The van der Waals surface area contributed by atoms with Crippen LogP contribution in [-0.4, -0.2) is 5.71 Å². The lowest BCUT2D eigenvalue weighted by molar-refractivity contribution is 1.26. The molecule has 1 heteroatoms. The molecule has 0 aliphatic heterocycles. The fourth-order valence-corrected chi connectivity index (χ4v) is 3.45. The first kappa shape index (κ1) is 15.6. The van der Waals surface area contributed by atoms with Crippen LogP contribution < -0.4 is 0 Å². The van der Waals surface area contributed by atoms with Gasteiger partial charge in [-0.25, -0.2) is 0 Å². The normalized spacial score (nSPS) is 12.6. The fraction of sp³-hybridized carbons (Fsp3) is 0.125. The van der Waals surface area contributed by atoms with Crippen LogP contribution in [0.5, 0.6) is 0 Å². The molecule has 0 unspecified atom stereocenters. The first-order valence-electron chi connectivity index (χ1n) is 8.64. The number of aryl methyl sites for hydroxylation is 1. The molecule has 4 rings (SSSR count). The Morgan fingerprint density at radius 1 is 0.840 bits per heavy atom. The van der Waals surface area contributed by atoms with E-state index in [1.54, 1.807) is 0 Å². The van der Waals surface area contributed by atoms with Crippen LogP contribution in [0.4, 0.5) is 0 Å². The first-order valence-corrected chi connectivity index (χ1v) is 8.64. The molecule has 1 aliphatic carbocycles. The maximum Gasteiger partial charge on any atom is 0.0633 e. The minimum atomic E-state index is 0.817. The van der Waals surface area contributed by atoms with Gasteiger partial charge in [0, 0.05) is 5.71 Å². The third-order valence-electron chi connectivity index (χ3n) is 4.90. The molecule has 3 aromatic carbocycles.